The highest BCUT2D eigenvalue weighted by molar-refractivity contribution is 6.33. The van der Waals surface area contributed by atoms with E-state index in [9.17, 15) is 19.2 Å². The van der Waals surface area contributed by atoms with Crippen LogP contribution in [0.4, 0.5) is 0 Å². The van der Waals surface area contributed by atoms with E-state index in [0.29, 0.717) is 0 Å². The van der Waals surface area contributed by atoms with Gasteiger partial charge in [-0.15, -0.1) is 0 Å². The fourth-order valence-corrected chi connectivity index (χ4v) is 0.596. The van der Waals surface area contributed by atoms with Crippen molar-refractivity contribution in [2.24, 2.45) is 0 Å². The lowest BCUT2D eigenvalue weighted by molar-refractivity contribution is -0.180. The number of carbonyl (C=O) groups excluding carboxylic acids is 4. The fraction of sp³-hybridized carbons (Fsp3) is 0.333. The van der Waals surface area contributed by atoms with E-state index in [2.05, 4.69) is 9.47 Å². The standard InChI is InChI=1S/C6H4O6/c7-3-1-2-4(8)12-6(10)5(9)11-3/h1-2H2. The summed E-state index contributed by atoms with van der Waals surface area (Å²) in [5.74, 6) is -4.70. The largest absolute Gasteiger partial charge is 0.425 e. The van der Waals surface area contributed by atoms with Gasteiger partial charge < -0.3 is 9.47 Å². The molecular weight excluding hydrogens is 168 g/mol. The van der Waals surface area contributed by atoms with Gasteiger partial charge in [0.25, 0.3) is 0 Å². The average Bonchev–Trinajstić information content (AvgIpc) is 1.99. The minimum Gasteiger partial charge on any atom is -0.384 e. The Hall–Kier alpha value is -1.72. The zero-order chi connectivity index (χ0) is 9.14. The maximum atomic E-state index is 10.5. The first-order valence-electron chi connectivity index (χ1n) is 3.09. The molecule has 0 N–H and O–H groups in total. The number of hydrogen-bond donors (Lipinski definition) is 0. The minimum absolute atomic E-state index is 0.252. The lowest BCUT2D eigenvalue weighted by Crippen LogP contribution is -2.29. The van der Waals surface area contributed by atoms with Crippen molar-refractivity contribution in [2.75, 3.05) is 0 Å². The predicted molar refractivity (Wildman–Crippen MR) is 31.4 cm³/mol. The van der Waals surface area contributed by atoms with Gasteiger partial charge in [-0.05, 0) is 0 Å². The molecule has 64 valence electrons. The molecule has 1 fully saturated rings. The monoisotopic (exact) mass is 172 g/mol. The van der Waals surface area contributed by atoms with Crippen molar-refractivity contribution in [2.45, 2.75) is 12.8 Å². The molecule has 0 amide bonds. The summed E-state index contributed by atoms with van der Waals surface area (Å²) in [5, 5.41) is 0. The smallest absolute Gasteiger partial charge is 0.384 e. The topological polar surface area (TPSA) is 86.7 Å². The van der Waals surface area contributed by atoms with Crippen LogP contribution in [0.1, 0.15) is 12.8 Å². The van der Waals surface area contributed by atoms with Crippen molar-refractivity contribution in [3.05, 3.63) is 0 Å². The minimum atomic E-state index is -1.45. The highest BCUT2D eigenvalue weighted by atomic mass is 16.6. The van der Waals surface area contributed by atoms with E-state index >= 15 is 0 Å². The molecule has 0 aromatic heterocycles. The average molecular weight is 172 g/mol. The highest BCUT2D eigenvalue weighted by Gasteiger charge is 2.27. The van der Waals surface area contributed by atoms with Crippen molar-refractivity contribution < 1.29 is 28.7 Å². The Balaban J connectivity index is 2.73. The van der Waals surface area contributed by atoms with Crippen molar-refractivity contribution in [1.82, 2.24) is 0 Å². The molecule has 0 atom stereocenters. The second-order valence-electron chi connectivity index (χ2n) is 2.02. The second kappa shape index (κ2) is 3.12. The van der Waals surface area contributed by atoms with Gasteiger partial charge in [-0.1, -0.05) is 0 Å². The first-order chi connectivity index (χ1) is 5.59. The van der Waals surface area contributed by atoms with E-state index < -0.39 is 23.9 Å². The molecule has 0 saturated carbocycles. The van der Waals surface area contributed by atoms with Crippen molar-refractivity contribution in [3.63, 3.8) is 0 Å². The summed E-state index contributed by atoms with van der Waals surface area (Å²) >= 11 is 0. The second-order valence-corrected chi connectivity index (χ2v) is 2.02. The van der Waals surface area contributed by atoms with Gasteiger partial charge in [0, 0.05) is 0 Å². The summed E-state index contributed by atoms with van der Waals surface area (Å²) < 4.78 is 7.89. The van der Waals surface area contributed by atoms with Crippen LogP contribution < -0.4 is 0 Å². The van der Waals surface area contributed by atoms with Gasteiger partial charge in [-0.3, -0.25) is 9.59 Å². The SMILES string of the molecule is O=C1CCC(=O)OC(=O)C(=O)O1. The van der Waals surface area contributed by atoms with Gasteiger partial charge in [-0.25, -0.2) is 9.59 Å². The third-order valence-corrected chi connectivity index (χ3v) is 1.11. The van der Waals surface area contributed by atoms with Crippen LogP contribution in [0.5, 0.6) is 0 Å². The molecule has 1 rings (SSSR count). The normalized spacial score (nSPS) is 19.3. The molecular formula is C6H4O6. The van der Waals surface area contributed by atoms with Crippen LogP contribution in [0.25, 0.3) is 0 Å². The van der Waals surface area contributed by atoms with Gasteiger partial charge in [0.1, 0.15) is 0 Å². The molecule has 0 aromatic carbocycles. The summed E-state index contributed by atoms with van der Waals surface area (Å²) in [7, 11) is 0. The van der Waals surface area contributed by atoms with Crippen molar-refractivity contribution >= 4 is 23.9 Å². The molecule has 0 radical (unpaired) electrons. The third kappa shape index (κ3) is 1.88. The molecule has 6 nitrogen and oxygen atoms in total. The Morgan fingerprint density at radius 1 is 0.750 bits per heavy atom. The number of rotatable bonds is 0. The van der Waals surface area contributed by atoms with Gasteiger partial charge in [0.2, 0.25) is 0 Å². The van der Waals surface area contributed by atoms with Crippen LogP contribution >= 0.6 is 0 Å². The summed E-state index contributed by atoms with van der Waals surface area (Å²) in [5.41, 5.74) is 0. The fourth-order valence-electron chi connectivity index (χ4n) is 0.596. The zero-order valence-electron chi connectivity index (χ0n) is 5.86. The van der Waals surface area contributed by atoms with E-state index in [4.69, 9.17) is 0 Å². The van der Waals surface area contributed by atoms with Crippen LogP contribution in [-0.2, 0) is 28.7 Å². The third-order valence-electron chi connectivity index (χ3n) is 1.11. The van der Waals surface area contributed by atoms with Crippen LogP contribution in [0.2, 0.25) is 0 Å². The number of esters is 4. The van der Waals surface area contributed by atoms with E-state index in [1.165, 1.54) is 0 Å². The zero-order valence-corrected chi connectivity index (χ0v) is 5.86. The van der Waals surface area contributed by atoms with E-state index in [-0.39, 0.29) is 12.8 Å². The lowest BCUT2D eigenvalue weighted by atomic mass is 10.3. The molecule has 1 saturated heterocycles. The van der Waals surface area contributed by atoms with E-state index in [1.54, 1.807) is 0 Å². The van der Waals surface area contributed by atoms with Crippen LogP contribution in [0, 0.1) is 0 Å². The quantitative estimate of drug-likeness (QED) is 0.262. The molecule has 0 aliphatic carbocycles. The van der Waals surface area contributed by atoms with Crippen LogP contribution in [-0.4, -0.2) is 23.9 Å². The Morgan fingerprint density at radius 2 is 1.08 bits per heavy atom. The molecule has 1 heterocycles. The number of hydrogen-bond acceptors (Lipinski definition) is 6. The first-order valence-corrected chi connectivity index (χ1v) is 3.09. The molecule has 0 unspecified atom stereocenters. The maximum Gasteiger partial charge on any atom is 0.425 e. The van der Waals surface area contributed by atoms with Crippen LogP contribution in [0.15, 0.2) is 0 Å². The Labute approximate surface area is 66.4 Å². The molecule has 0 bridgehead atoms. The van der Waals surface area contributed by atoms with Gasteiger partial charge in [0.05, 0.1) is 12.8 Å². The van der Waals surface area contributed by atoms with Gasteiger partial charge in [0.15, 0.2) is 0 Å². The molecule has 0 spiro atoms. The summed E-state index contributed by atoms with van der Waals surface area (Å²) in [4.78, 5) is 42.0. The first kappa shape index (κ1) is 8.38. The predicted octanol–water partition coefficient (Wildman–Crippen LogP) is -1.08. The van der Waals surface area contributed by atoms with Crippen molar-refractivity contribution in [1.29, 1.82) is 0 Å². The van der Waals surface area contributed by atoms with Crippen LogP contribution in [0.3, 0.4) is 0 Å². The summed E-state index contributed by atoms with van der Waals surface area (Å²) in [6.45, 7) is 0. The molecule has 0 aromatic rings. The van der Waals surface area contributed by atoms with Gasteiger partial charge >= 0.3 is 23.9 Å². The lowest BCUT2D eigenvalue weighted by Gasteiger charge is -2.05. The number of ether oxygens (including phenoxy) is 2. The number of carbonyl (C=O) groups is 4. The Bertz CT molecular complexity index is 237. The van der Waals surface area contributed by atoms with E-state index in [1.807, 2.05) is 0 Å². The maximum absolute atomic E-state index is 10.5. The molecule has 1 aliphatic rings. The van der Waals surface area contributed by atoms with Gasteiger partial charge in [-0.2, -0.15) is 0 Å². The Kier molecular flexibility index (Phi) is 2.18. The number of cyclic esters (lactones) is 4. The van der Waals surface area contributed by atoms with Crippen molar-refractivity contribution in [3.8, 4) is 0 Å². The highest BCUT2D eigenvalue weighted by Crippen LogP contribution is 2.01. The Morgan fingerprint density at radius 3 is 1.42 bits per heavy atom. The van der Waals surface area contributed by atoms with E-state index in [0.717, 1.165) is 0 Å². The molecule has 12 heavy (non-hydrogen) atoms. The summed E-state index contributed by atoms with van der Waals surface area (Å²) in [6.07, 6.45) is -0.504. The summed E-state index contributed by atoms with van der Waals surface area (Å²) in [6, 6.07) is 0. The molecule has 6 heteroatoms. The molecule has 1 aliphatic heterocycles.